The molecule has 1 aliphatic rings. The fourth-order valence-corrected chi connectivity index (χ4v) is 1.62. The van der Waals surface area contributed by atoms with Crippen molar-refractivity contribution in [1.29, 1.82) is 0 Å². The van der Waals surface area contributed by atoms with Gasteiger partial charge in [-0.2, -0.15) is 0 Å². The lowest BCUT2D eigenvalue weighted by atomic mass is 10.3. The molecule has 0 spiro atoms. The van der Waals surface area contributed by atoms with Crippen molar-refractivity contribution in [1.82, 2.24) is 9.88 Å². The molecule has 1 aromatic heterocycles. The number of aromatic nitrogens is 1. The van der Waals surface area contributed by atoms with Gasteiger partial charge in [0.25, 0.3) is 0 Å². The van der Waals surface area contributed by atoms with Gasteiger partial charge in [-0.15, -0.1) is 0 Å². The smallest absolute Gasteiger partial charge is 0.151 e. The van der Waals surface area contributed by atoms with Gasteiger partial charge >= 0.3 is 0 Å². The van der Waals surface area contributed by atoms with E-state index in [-0.39, 0.29) is 0 Å². The lowest BCUT2D eigenvalue weighted by Gasteiger charge is -2.25. The zero-order valence-electron chi connectivity index (χ0n) is 8.03. The number of carbonyl (C=O) groups is 1. The van der Waals surface area contributed by atoms with Crippen LogP contribution in [0.5, 0.6) is 0 Å². The molecule has 0 radical (unpaired) electrons. The van der Waals surface area contributed by atoms with E-state index in [9.17, 15) is 4.79 Å². The van der Waals surface area contributed by atoms with Crippen molar-refractivity contribution in [3.63, 3.8) is 0 Å². The summed E-state index contributed by atoms with van der Waals surface area (Å²) in [7, 11) is 0. The molecule has 1 saturated heterocycles. The summed E-state index contributed by atoms with van der Waals surface area (Å²) in [4.78, 5) is 15.9. The minimum Gasteiger partial charge on any atom is -0.379 e. The third kappa shape index (κ3) is 2.21. The predicted molar refractivity (Wildman–Crippen MR) is 52.3 cm³/mol. The Kier molecular flexibility index (Phi) is 2.96. The Morgan fingerprint density at radius 2 is 2.29 bits per heavy atom. The minimum atomic E-state index is 0.716. The van der Waals surface area contributed by atoms with Gasteiger partial charge in [-0.1, -0.05) is 0 Å². The molecule has 14 heavy (non-hydrogen) atoms. The van der Waals surface area contributed by atoms with E-state index in [0.717, 1.165) is 44.8 Å². The molecule has 4 nitrogen and oxygen atoms in total. The van der Waals surface area contributed by atoms with Crippen molar-refractivity contribution >= 4 is 6.29 Å². The van der Waals surface area contributed by atoms with E-state index >= 15 is 0 Å². The van der Waals surface area contributed by atoms with E-state index in [2.05, 4.69) is 9.88 Å². The van der Waals surface area contributed by atoms with Crippen LogP contribution in [-0.4, -0.2) is 42.5 Å². The second-order valence-electron chi connectivity index (χ2n) is 3.46. The highest BCUT2D eigenvalue weighted by Crippen LogP contribution is 2.06. The molecule has 1 N–H and O–H groups in total. The van der Waals surface area contributed by atoms with Gasteiger partial charge in [0.15, 0.2) is 6.29 Å². The van der Waals surface area contributed by atoms with Crippen LogP contribution in [0, 0.1) is 0 Å². The molecule has 1 fully saturated rings. The molecule has 76 valence electrons. The average Bonchev–Trinajstić information content (AvgIpc) is 2.67. The maximum atomic E-state index is 10.5. The molecule has 0 aromatic carbocycles. The first-order chi connectivity index (χ1) is 6.88. The van der Waals surface area contributed by atoms with Crippen LogP contribution in [0.3, 0.4) is 0 Å². The summed E-state index contributed by atoms with van der Waals surface area (Å²) in [5.41, 5.74) is 1.81. The molecule has 0 unspecified atom stereocenters. The third-order valence-electron chi connectivity index (χ3n) is 2.40. The van der Waals surface area contributed by atoms with Crippen LogP contribution in [0.4, 0.5) is 0 Å². The van der Waals surface area contributed by atoms with Crippen molar-refractivity contribution in [3.8, 4) is 0 Å². The van der Waals surface area contributed by atoms with E-state index in [4.69, 9.17) is 4.74 Å². The van der Waals surface area contributed by atoms with Gasteiger partial charge in [0.1, 0.15) is 0 Å². The second kappa shape index (κ2) is 4.39. The Bertz CT molecular complexity index is 303. The minimum absolute atomic E-state index is 0.716. The Morgan fingerprint density at radius 3 is 2.93 bits per heavy atom. The molecule has 2 heterocycles. The predicted octanol–water partition coefficient (Wildman–Crippen LogP) is 0.659. The van der Waals surface area contributed by atoms with Crippen LogP contribution in [0.15, 0.2) is 12.3 Å². The van der Waals surface area contributed by atoms with Crippen LogP contribution >= 0.6 is 0 Å². The summed E-state index contributed by atoms with van der Waals surface area (Å²) < 4.78 is 5.26. The summed E-state index contributed by atoms with van der Waals surface area (Å²) in [6, 6.07) is 1.89. The van der Waals surface area contributed by atoms with Gasteiger partial charge in [-0.05, 0) is 6.07 Å². The van der Waals surface area contributed by atoms with Gasteiger partial charge < -0.3 is 9.72 Å². The van der Waals surface area contributed by atoms with E-state index in [0.29, 0.717) is 5.56 Å². The van der Waals surface area contributed by atoms with Crippen LogP contribution in [0.2, 0.25) is 0 Å². The Balaban J connectivity index is 1.92. The summed E-state index contributed by atoms with van der Waals surface area (Å²) in [6.07, 6.45) is 2.60. The van der Waals surface area contributed by atoms with Crippen LogP contribution in [0.25, 0.3) is 0 Å². The SMILES string of the molecule is O=Cc1c[nH]c(CN2CCOCC2)c1. The number of H-pyrrole nitrogens is 1. The van der Waals surface area contributed by atoms with Gasteiger partial charge in [0.2, 0.25) is 0 Å². The molecule has 0 amide bonds. The lowest BCUT2D eigenvalue weighted by molar-refractivity contribution is 0.0337. The van der Waals surface area contributed by atoms with Crippen LogP contribution in [-0.2, 0) is 11.3 Å². The number of carbonyl (C=O) groups excluding carboxylic acids is 1. The molecule has 2 rings (SSSR count). The maximum absolute atomic E-state index is 10.5. The molecular weight excluding hydrogens is 180 g/mol. The number of nitrogens with zero attached hydrogens (tertiary/aromatic N) is 1. The second-order valence-corrected chi connectivity index (χ2v) is 3.46. The van der Waals surface area contributed by atoms with Crippen molar-refractivity contribution < 1.29 is 9.53 Å². The van der Waals surface area contributed by atoms with Crippen molar-refractivity contribution in [2.45, 2.75) is 6.54 Å². The molecule has 1 aliphatic heterocycles. The number of aromatic amines is 1. The average molecular weight is 194 g/mol. The third-order valence-corrected chi connectivity index (χ3v) is 2.40. The van der Waals surface area contributed by atoms with Gasteiger partial charge in [-0.3, -0.25) is 9.69 Å². The molecule has 0 aliphatic carbocycles. The highest BCUT2D eigenvalue weighted by Gasteiger charge is 2.11. The van der Waals surface area contributed by atoms with E-state index in [1.807, 2.05) is 6.07 Å². The Hall–Kier alpha value is -1.13. The van der Waals surface area contributed by atoms with Gasteiger partial charge in [-0.25, -0.2) is 0 Å². The standard InChI is InChI=1S/C10H14N2O2/c13-8-9-5-10(11-6-9)7-12-1-3-14-4-2-12/h5-6,8,11H,1-4,7H2. The molecule has 4 heteroatoms. The quantitative estimate of drug-likeness (QED) is 0.719. The fourth-order valence-electron chi connectivity index (χ4n) is 1.62. The molecule has 0 bridgehead atoms. The van der Waals surface area contributed by atoms with Crippen molar-refractivity contribution in [2.24, 2.45) is 0 Å². The van der Waals surface area contributed by atoms with E-state index in [1.165, 1.54) is 0 Å². The van der Waals surface area contributed by atoms with Crippen LogP contribution in [0.1, 0.15) is 16.1 Å². The topological polar surface area (TPSA) is 45.3 Å². The number of hydrogen-bond donors (Lipinski definition) is 1. The summed E-state index contributed by atoms with van der Waals surface area (Å²) in [6.45, 7) is 4.42. The molecule has 1 aromatic rings. The lowest BCUT2D eigenvalue weighted by Crippen LogP contribution is -2.35. The highest BCUT2D eigenvalue weighted by molar-refractivity contribution is 5.74. The van der Waals surface area contributed by atoms with Crippen molar-refractivity contribution in [3.05, 3.63) is 23.5 Å². The number of morpholine rings is 1. The first-order valence-electron chi connectivity index (χ1n) is 4.81. The number of ether oxygens (including phenoxy) is 1. The summed E-state index contributed by atoms with van der Waals surface area (Å²) >= 11 is 0. The van der Waals surface area contributed by atoms with Crippen molar-refractivity contribution in [2.75, 3.05) is 26.3 Å². The first-order valence-corrected chi connectivity index (χ1v) is 4.81. The molecule has 0 atom stereocenters. The van der Waals surface area contributed by atoms with E-state index < -0.39 is 0 Å². The van der Waals surface area contributed by atoms with E-state index in [1.54, 1.807) is 6.20 Å². The molecular formula is C10H14N2O2. The monoisotopic (exact) mass is 194 g/mol. The normalized spacial score (nSPS) is 18.3. The zero-order chi connectivity index (χ0) is 9.80. The number of aldehydes is 1. The summed E-state index contributed by atoms with van der Waals surface area (Å²) in [5, 5.41) is 0. The summed E-state index contributed by atoms with van der Waals surface area (Å²) in [5.74, 6) is 0. The Morgan fingerprint density at radius 1 is 1.50 bits per heavy atom. The Labute approximate surface area is 82.9 Å². The number of nitrogens with one attached hydrogen (secondary N) is 1. The number of rotatable bonds is 3. The van der Waals surface area contributed by atoms with Gasteiger partial charge in [0.05, 0.1) is 13.2 Å². The van der Waals surface area contributed by atoms with Gasteiger partial charge in [0, 0.05) is 37.1 Å². The highest BCUT2D eigenvalue weighted by atomic mass is 16.5. The number of hydrogen-bond acceptors (Lipinski definition) is 3. The first kappa shape index (κ1) is 9.43. The zero-order valence-corrected chi connectivity index (χ0v) is 8.03. The molecule has 0 saturated carbocycles. The maximum Gasteiger partial charge on any atom is 0.151 e. The fraction of sp³-hybridized carbons (Fsp3) is 0.500. The largest absolute Gasteiger partial charge is 0.379 e. The van der Waals surface area contributed by atoms with Crippen LogP contribution < -0.4 is 0 Å².